The molecule has 0 aromatic heterocycles. The Kier molecular flexibility index (Phi) is 3.31. The summed E-state index contributed by atoms with van der Waals surface area (Å²) in [6, 6.07) is 5.45. The lowest BCUT2D eigenvalue weighted by atomic mass is 10.2. The highest BCUT2D eigenvalue weighted by atomic mass is 79.9. The number of ether oxygens (including phenoxy) is 1. The predicted molar refractivity (Wildman–Crippen MR) is 52.0 cm³/mol. The molecule has 0 unspecified atom stereocenters. The molecule has 1 aromatic carbocycles. The average Bonchev–Trinajstić information content (AvgIpc) is 2.07. The normalized spacial score (nSPS) is 9.69. The first-order valence-corrected chi connectivity index (χ1v) is 4.50. The summed E-state index contributed by atoms with van der Waals surface area (Å²) in [5.41, 5.74) is 1.02. The minimum absolute atomic E-state index is 0.317. The Morgan fingerprint density at radius 1 is 1.62 bits per heavy atom. The van der Waals surface area contributed by atoms with Crippen molar-refractivity contribution in [1.29, 1.82) is 0 Å². The van der Waals surface area contributed by atoms with Gasteiger partial charge in [-0.25, -0.2) is 4.79 Å². The molecule has 0 saturated carbocycles. The number of carboxylic acids is 1. The summed E-state index contributed by atoms with van der Waals surface area (Å²) in [5, 5.41) is 8.39. The van der Waals surface area contributed by atoms with Gasteiger partial charge in [-0.2, -0.15) is 0 Å². The molecule has 13 heavy (non-hydrogen) atoms. The number of halogens is 1. The number of carboxylic acid groups (broad SMARTS) is 1. The van der Waals surface area contributed by atoms with Crippen LogP contribution in [0.3, 0.4) is 0 Å². The molecule has 4 heteroatoms. The number of carbonyl (C=O) groups is 1. The van der Waals surface area contributed by atoms with E-state index in [-0.39, 0.29) is 6.61 Å². The first-order valence-electron chi connectivity index (χ1n) is 3.71. The highest BCUT2D eigenvalue weighted by Gasteiger charge is 2.04. The molecule has 3 nitrogen and oxygen atoms in total. The lowest BCUT2D eigenvalue weighted by Gasteiger charge is -2.06. The third kappa shape index (κ3) is 2.73. The summed E-state index contributed by atoms with van der Waals surface area (Å²) in [4.78, 5) is 10.2. The van der Waals surface area contributed by atoms with Gasteiger partial charge in [-0.05, 0) is 34.5 Å². The van der Waals surface area contributed by atoms with Gasteiger partial charge in [0, 0.05) is 0 Å². The van der Waals surface area contributed by atoms with Crippen LogP contribution in [0.1, 0.15) is 5.56 Å². The summed E-state index contributed by atoms with van der Waals surface area (Å²) >= 11 is 3.31. The van der Waals surface area contributed by atoms with Gasteiger partial charge < -0.3 is 9.84 Å². The zero-order chi connectivity index (χ0) is 9.84. The number of aliphatic carboxylic acids is 1. The van der Waals surface area contributed by atoms with E-state index in [2.05, 4.69) is 15.9 Å². The minimum Gasteiger partial charge on any atom is -0.481 e. The average molecular weight is 245 g/mol. The minimum atomic E-state index is -0.978. The second kappa shape index (κ2) is 4.28. The van der Waals surface area contributed by atoms with E-state index in [9.17, 15) is 4.79 Å². The number of aryl methyl sites for hydroxylation is 1. The Bertz CT molecular complexity index is 323. The fourth-order valence-electron chi connectivity index (χ4n) is 0.871. The third-order valence-electron chi connectivity index (χ3n) is 1.51. The van der Waals surface area contributed by atoms with Crippen LogP contribution in [-0.2, 0) is 4.79 Å². The molecule has 0 aliphatic heterocycles. The van der Waals surface area contributed by atoms with Gasteiger partial charge in [0.05, 0.1) is 4.47 Å². The van der Waals surface area contributed by atoms with Crippen LogP contribution in [0.5, 0.6) is 5.75 Å². The van der Waals surface area contributed by atoms with E-state index in [1.54, 1.807) is 6.07 Å². The van der Waals surface area contributed by atoms with Crippen LogP contribution in [0, 0.1) is 6.92 Å². The van der Waals surface area contributed by atoms with Gasteiger partial charge in [-0.1, -0.05) is 12.1 Å². The van der Waals surface area contributed by atoms with Gasteiger partial charge in [-0.15, -0.1) is 0 Å². The zero-order valence-corrected chi connectivity index (χ0v) is 8.67. The first-order chi connectivity index (χ1) is 6.11. The summed E-state index contributed by atoms with van der Waals surface area (Å²) in [7, 11) is 0. The van der Waals surface area contributed by atoms with E-state index >= 15 is 0 Å². The summed E-state index contributed by atoms with van der Waals surface area (Å²) in [5.74, 6) is -0.421. The van der Waals surface area contributed by atoms with Gasteiger partial charge in [0.2, 0.25) is 0 Å². The van der Waals surface area contributed by atoms with E-state index in [1.807, 2.05) is 19.1 Å². The molecule has 0 fully saturated rings. The number of benzene rings is 1. The molecule has 70 valence electrons. The second-order valence-electron chi connectivity index (χ2n) is 2.57. The fraction of sp³-hybridized carbons (Fsp3) is 0.222. The molecular formula is C9H9BrO3. The topological polar surface area (TPSA) is 46.5 Å². The van der Waals surface area contributed by atoms with Crippen molar-refractivity contribution in [3.63, 3.8) is 0 Å². The first kappa shape index (κ1) is 10.1. The van der Waals surface area contributed by atoms with Crippen LogP contribution in [0.4, 0.5) is 0 Å². The summed E-state index contributed by atoms with van der Waals surface area (Å²) in [6.45, 7) is 1.60. The lowest BCUT2D eigenvalue weighted by Crippen LogP contribution is -2.09. The number of rotatable bonds is 3. The quantitative estimate of drug-likeness (QED) is 0.888. The summed E-state index contributed by atoms with van der Waals surface area (Å²) < 4.78 is 5.83. The molecule has 0 bridgehead atoms. The highest BCUT2D eigenvalue weighted by molar-refractivity contribution is 9.10. The van der Waals surface area contributed by atoms with Gasteiger partial charge in [-0.3, -0.25) is 0 Å². The molecule has 1 N–H and O–H groups in total. The van der Waals surface area contributed by atoms with Crippen LogP contribution in [0.25, 0.3) is 0 Å². The van der Waals surface area contributed by atoms with Crippen LogP contribution in [0.15, 0.2) is 22.7 Å². The SMILES string of the molecule is Cc1cccc(OCC(=O)O)c1Br. The standard InChI is InChI=1S/C9H9BrO3/c1-6-3-2-4-7(9(6)10)13-5-8(11)12/h2-4H,5H2,1H3,(H,11,12). The van der Waals surface area contributed by atoms with Gasteiger partial charge in [0.15, 0.2) is 6.61 Å². The molecule has 0 aliphatic rings. The van der Waals surface area contributed by atoms with Crippen LogP contribution in [-0.4, -0.2) is 17.7 Å². The molecular weight excluding hydrogens is 236 g/mol. The Labute approximate surface area is 84.5 Å². The second-order valence-corrected chi connectivity index (χ2v) is 3.36. The zero-order valence-electron chi connectivity index (χ0n) is 7.08. The van der Waals surface area contributed by atoms with Crippen molar-refractivity contribution in [3.8, 4) is 5.75 Å². The Hall–Kier alpha value is -1.03. The van der Waals surface area contributed by atoms with Crippen molar-refractivity contribution in [1.82, 2.24) is 0 Å². The number of hydrogen-bond acceptors (Lipinski definition) is 2. The van der Waals surface area contributed by atoms with Crippen LogP contribution in [0.2, 0.25) is 0 Å². The van der Waals surface area contributed by atoms with Crippen molar-refractivity contribution in [3.05, 3.63) is 28.2 Å². The van der Waals surface area contributed by atoms with Gasteiger partial charge >= 0.3 is 5.97 Å². The van der Waals surface area contributed by atoms with Crippen molar-refractivity contribution in [2.75, 3.05) is 6.61 Å². The van der Waals surface area contributed by atoms with E-state index in [1.165, 1.54) is 0 Å². The highest BCUT2D eigenvalue weighted by Crippen LogP contribution is 2.27. The van der Waals surface area contributed by atoms with E-state index in [4.69, 9.17) is 9.84 Å². The van der Waals surface area contributed by atoms with Crippen molar-refractivity contribution in [2.24, 2.45) is 0 Å². The maximum Gasteiger partial charge on any atom is 0.341 e. The molecule has 0 radical (unpaired) electrons. The smallest absolute Gasteiger partial charge is 0.341 e. The summed E-state index contributed by atoms with van der Waals surface area (Å²) in [6.07, 6.45) is 0. The van der Waals surface area contributed by atoms with Crippen LogP contribution >= 0.6 is 15.9 Å². The maximum atomic E-state index is 10.2. The number of hydrogen-bond donors (Lipinski definition) is 1. The van der Waals surface area contributed by atoms with Gasteiger partial charge in [0.1, 0.15) is 5.75 Å². The molecule has 1 rings (SSSR count). The Morgan fingerprint density at radius 3 is 2.92 bits per heavy atom. The largest absolute Gasteiger partial charge is 0.481 e. The Morgan fingerprint density at radius 2 is 2.31 bits per heavy atom. The third-order valence-corrected chi connectivity index (χ3v) is 2.52. The molecule has 0 atom stereocenters. The van der Waals surface area contributed by atoms with E-state index < -0.39 is 5.97 Å². The van der Waals surface area contributed by atoms with Crippen molar-refractivity contribution in [2.45, 2.75) is 6.92 Å². The molecule has 1 aromatic rings. The van der Waals surface area contributed by atoms with Crippen molar-refractivity contribution >= 4 is 21.9 Å². The van der Waals surface area contributed by atoms with E-state index in [0.717, 1.165) is 10.0 Å². The van der Waals surface area contributed by atoms with Gasteiger partial charge in [0.25, 0.3) is 0 Å². The lowest BCUT2D eigenvalue weighted by molar-refractivity contribution is -0.139. The van der Waals surface area contributed by atoms with E-state index in [0.29, 0.717) is 5.75 Å². The molecule has 0 saturated heterocycles. The van der Waals surface area contributed by atoms with Crippen LogP contribution < -0.4 is 4.74 Å². The molecule has 0 amide bonds. The molecule has 0 aliphatic carbocycles. The fourth-order valence-corrected chi connectivity index (χ4v) is 1.25. The Balaban J connectivity index is 2.77. The maximum absolute atomic E-state index is 10.2. The molecule has 0 spiro atoms. The predicted octanol–water partition coefficient (Wildman–Crippen LogP) is 2.22. The molecule has 0 heterocycles. The van der Waals surface area contributed by atoms with Crippen molar-refractivity contribution < 1.29 is 14.6 Å². The monoisotopic (exact) mass is 244 g/mol.